The molecule has 94 valence electrons. The summed E-state index contributed by atoms with van der Waals surface area (Å²) in [6.45, 7) is 3.10. The van der Waals surface area contributed by atoms with Gasteiger partial charge in [-0.15, -0.1) is 0 Å². The van der Waals surface area contributed by atoms with Crippen LogP contribution in [-0.4, -0.2) is 38.0 Å². The van der Waals surface area contributed by atoms with Crippen molar-refractivity contribution in [1.82, 2.24) is 0 Å². The molecule has 0 fully saturated rings. The van der Waals surface area contributed by atoms with Gasteiger partial charge in [0.25, 0.3) is 0 Å². The van der Waals surface area contributed by atoms with Gasteiger partial charge in [0.15, 0.2) is 0 Å². The molecule has 1 aliphatic rings. The lowest BCUT2D eigenvalue weighted by Gasteiger charge is -2.31. The number of hydrogen-bond acceptors (Lipinski definition) is 3. The molecule has 2 rings (SSSR count). The summed E-state index contributed by atoms with van der Waals surface area (Å²) >= 11 is 6.00. The molecule has 0 saturated carbocycles. The Labute approximate surface area is 107 Å². The highest BCUT2D eigenvalue weighted by molar-refractivity contribution is 6.30. The van der Waals surface area contributed by atoms with Crippen LogP contribution in [0.5, 0.6) is 0 Å². The van der Waals surface area contributed by atoms with Crippen molar-refractivity contribution in [2.45, 2.75) is 12.8 Å². The molecule has 1 aromatic rings. The molecular weight excluding hydrogens is 238 g/mol. The smallest absolute Gasteiger partial charge is 0.0698 e. The number of aliphatic hydroxyl groups is 1. The van der Waals surface area contributed by atoms with E-state index in [1.54, 1.807) is 0 Å². The van der Waals surface area contributed by atoms with E-state index in [0.717, 1.165) is 31.0 Å². The van der Waals surface area contributed by atoms with Gasteiger partial charge in [-0.3, -0.25) is 0 Å². The summed E-state index contributed by atoms with van der Waals surface area (Å²) in [6.07, 6.45) is 2.26. The van der Waals surface area contributed by atoms with Gasteiger partial charge in [-0.1, -0.05) is 11.6 Å². The van der Waals surface area contributed by atoms with Gasteiger partial charge >= 0.3 is 0 Å². The van der Waals surface area contributed by atoms with E-state index < -0.39 is 0 Å². The summed E-state index contributed by atoms with van der Waals surface area (Å²) in [4.78, 5) is 2.33. The molecule has 0 aromatic heterocycles. The first-order chi connectivity index (χ1) is 8.31. The van der Waals surface area contributed by atoms with Gasteiger partial charge in [-0.25, -0.2) is 0 Å². The Bertz CT molecular complexity index is 370. The first-order valence-electron chi connectivity index (χ1n) is 6.03. The normalized spacial score (nSPS) is 14.8. The van der Waals surface area contributed by atoms with Crippen molar-refractivity contribution < 1.29 is 9.84 Å². The minimum Gasteiger partial charge on any atom is -0.394 e. The molecule has 1 aromatic carbocycles. The standard InChI is InChI=1S/C13H18ClNO2/c14-12-3-4-13-11(10-12)2-1-5-15(13)6-8-17-9-7-16/h3-4,10,16H,1-2,5-9H2. The SMILES string of the molecule is OCCOCCN1CCCc2cc(Cl)ccc21. The van der Waals surface area contributed by atoms with Crippen LogP contribution in [0.15, 0.2) is 18.2 Å². The second-order valence-electron chi connectivity index (χ2n) is 4.20. The third kappa shape index (κ3) is 3.35. The third-order valence-corrected chi connectivity index (χ3v) is 3.23. The molecule has 17 heavy (non-hydrogen) atoms. The van der Waals surface area contributed by atoms with Crippen molar-refractivity contribution >= 4 is 17.3 Å². The zero-order valence-electron chi connectivity index (χ0n) is 9.86. The molecule has 0 spiro atoms. The molecule has 1 N–H and O–H groups in total. The van der Waals surface area contributed by atoms with E-state index in [1.165, 1.54) is 11.3 Å². The van der Waals surface area contributed by atoms with Crippen LogP contribution in [0.2, 0.25) is 5.02 Å². The highest BCUT2D eigenvalue weighted by Gasteiger charge is 2.16. The summed E-state index contributed by atoms with van der Waals surface area (Å²) in [5.74, 6) is 0. The van der Waals surface area contributed by atoms with Crippen molar-refractivity contribution in [2.75, 3.05) is 37.8 Å². The number of halogens is 1. The number of anilines is 1. The second kappa shape index (κ2) is 6.24. The van der Waals surface area contributed by atoms with E-state index in [1.807, 2.05) is 6.07 Å². The fraction of sp³-hybridized carbons (Fsp3) is 0.538. The summed E-state index contributed by atoms with van der Waals surface area (Å²) < 4.78 is 5.31. The van der Waals surface area contributed by atoms with Crippen LogP contribution in [-0.2, 0) is 11.2 Å². The summed E-state index contributed by atoms with van der Waals surface area (Å²) in [5.41, 5.74) is 2.60. The number of hydrogen-bond donors (Lipinski definition) is 1. The molecule has 0 atom stereocenters. The Morgan fingerprint density at radius 1 is 1.35 bits per heavy atom. The lowest BCUT2D eigenvalue weighted by atomic mass is 10.0. The molecule has 0 bridgehead atoms. The predicted octanol–water partition coefficient (Wildman–Crippen LogP) is 2.10. The highest BCUT2D eigenvalue weighted by atomic mass is 35.5. The maximum absolute atomic E-state index is 8.64. The average molecular weight is 256 g/mol. The minimum absolute atomic E-state index is 0.0895. The topological polar surface area (TPSA) is 32.7 Å². The van der Waals surface area contributed by atoms with Crippen LogP contribution in [0.3, 0.4) is 0 Å². The number of rotatable bonds is 5. The van der Waals surface area contributed by atoms with Gasteiger partial charge in [0.1, 0.15) is 0 Å². The van der Waals surface area contributed by atoms with Gasteiger partial charge < -0.3 is 14.7 Å². The van der Waals surface area contributed by atoms with Crippen molar-refractivity contribution in [3.05, 3.63) is 28.8 Å². The van der Waals surface area contributed by atoms with Gasteiger partial charge in [0.2, 0.25) is 0 Å². The van der Waals surface area contributed by atoms with E-state index in [-0.39, 0.29) is 6.61 Å². The van der Waals surface area contributed by atoms with Gasteiger partial charge in [0, 0.05) is 23.8 Å². The van der Waals surface area contributed by atoms with E-state index >= 15 is 0 Å². The van der Waals surface area contributed by atoms with Crippen LogP contribution in [0, 0.1) is 0 Å². The maximum Gasteiger partial charge on any atom is 0.0698 e. The van der Waals surface area contributed by atoms with Crippen LogP contribution in [0.1, 0.15) is 12.0 Å². The van der Waals surface area contributed by atoms with E-state index in [4.69, 9.17) is 21.4 Å². The van der Waals surface area contributed by atoms with E-state index in [9.17, 15) is 0 Å². The Morgan fingerprint density at radius 2 is 2.24 bits per heavy atom. The number of ether oxygens (including phenoxy) is 1. The number of benzene rings is 1. The Kier molecular flexibility index (Phi) is 4.66. The van der Waals surface area contributed by atoms with Crippen molar-refractivity contribution in [3.8, 4) is 0 Å². The van der Waals surface area contributed by atoms with Crippen LogP contribution in [0.25, 0.3) is 0 Å². The predicted molar refractivity (Wildman–Crippen MR) is 69.9 cm³/mol. The van der Waals surface area contributed by atoms with Gasteiger partial charge in [0.05, 0.1) is 19.8 Å². The summed E-state index contributed by atoms with van der Waals surface area (Å²) in [6, 6.07) is 6.08. The first kappa shape index (κ1) is 12.7. The molecule has 1 aliphatic heterocycles. The molecule has 0 unspecified atom stereocenters. The highest BCUT2D eigenvalue weighted by Crippen LogP contribution is 2.29. The largest absolute Gasteiger partial charge is 0.394 e. The summed E-state index contributed by atoms with van der Waals surface area (Å²) in [7, 11) is 0. The molecule has 3 nitrogen and oxygen atoms in total. The number of nitrogens with zero attached hydrogens (tertiary/aromatic N) is 1. The second-order valence-corrected chi connectivity index (χ2v) is 4.64. The fourth-order valence-electron chi connectivity index (χ4n) is 2.22. The molecule has 0 amide bonds. The minimum atomic E-state index is 0.0895. The van der Waals surface area contributed by atoms with Crippen molar-refractivity contribution in [1.29, 1.82) is 0 Å². The lowest BCUT2D eigenvalue weighted by Crippen LogP contribution is -2.32. The zero-order valence-corrected chi connectivity index (χ0v) is 10.6. The van der Waals surface area contributed by atoms with Crippen LogP contribution < -0.4 is 4.90 Å². The monoisotopic (exact) mass is 255 g/mol. The molecule has 0 saturated heterocycles. The number of aryl methyl sites for hydroxylation is 1. The number of aliphatic hydroxyl groups excluding tert-OH is 1. The maximum atomic E-state index is 8.64. The van der Waals surface area contributed by atoms with Crippen LogP contribution in [0.4, 0.5) is 5.69 Å². The molecule has 0 radical (unpaired) electrons. The summed E-state index contributed by atoms with van der Waals surface area (Å²) in [5, 5.41) is 9.45. The average Bonchev–Trinajstić information content (AvgIpc) is 2.34. The van der Waals surface area contributed by atoms with Crippen LogP contribution >= 0.6 is 11.6 Å². The first-order valence-corrected chi connectivity index (χ1v) is 6.41. The molecule has 1 heterocycles. The van der Waals surface area contributed by atoms with Crippen molar-refractivity contribution in [3.63, 3.8) is 0 Å². The molecule has 4 heteroatoms. The van der Waals surface area contributed by atoms with Gasteiger partial charge in [-0.2, -0.15) is 0 Å². The molecular formula is C13H18ClNO2. The lowest BCUT2D eigenvalue weighted by molar-refractivity contribution is 0.0965. The Morgan fingerprint density at radius 3 is 3.06 bits per heavy atom. The number of fused-ring (bicyclic) bond motifs is 1. The van der Waals surface area contributed by atoms with Crippen molar-refractivity contribution in [2.24, 2.45) is 0 Å². The molecule has 0 aliphatic carbocycles. The fourth-order valence-corrected chi connectivity index (χ4v) is 2.41. The Hall–Kier alpha value is -0.770. The Balaban J connectivity index is 1.97. The zero-order chi connectivity index (χ0) is 12.1. The third-order valence-electron chi connectivity index (χ3n) is 3.00. The quantitative estimate of drug-likeness (QED) is 0.818. The van der Waals surface area contributed by atoms with Gasteiger partial charge in [-0.05, 0) is 36.6 Å². The van der Waals surface area contributed by atoms with E-state index in [2.05, 4.69) is 17.0 Å². The van der Waals surface area contributed by atoms with E-state index in [0.29, 0.717) is 13.2 Å².